The summed E-state index contributed by atoms with van der Waals surface area (Å²) in [5, 5.41) is 0.426. The van der Waals surface area contributed by atoms with Crippen molar-refractivity contribution in [2.24, 2.45) is 0 Å². The van der Waals surface area contributed by atoms with Gasteiger partial charge in [0.15, 0.2) is 0 Å². The Kier molecular flexibility index (Phi) is 1.14. The molecule has 0 aliphatic rings. The van der Waals surface area contributed by atoms with E-state index in [1.165, 1.54) is 31.4 Å². The second-order valence-corrected chi connectivity index (χ2v) is 3.41. The van der Waals surface area contributed by atoms with Crippen LogP contribution in [0.3, 0.4) is 0 Å². The molecule has 0 spiro atoms. The van der Waals surface area contributed by atoms with E-state index in [4.69, 9.17) is 21.2 Å². The van der Waals surface area contributed by atoms with Crippen molar-refractivity contribution in [3.05, 3.63) is 30.5 Å². The molecule has 0 fully saturated rings. The predicted molar refractivity (Wildman–Crippen MR) is 71.6 cm³/mol. The van der Waals surface area contributed by atoms with Crippen LogP contribution in [0.5, 0.6) is 5.75 Å². The highest BCUT2D eigenvalue weighted by Gasteiger charge is 2.08. The van der Waals surface area contributed by atoms with Crippen LogP contribution in [0.2, 0.25) is 0 Å². The number of likely N-dealkylation sites (N-methyl/N-ethyl adjacent to an activating group) is 1. The van der Waals surface area contributed by atoms with Gasteiger partial charge in [0.25, 0.3) is 0 Å². The van der Waals surface area contributed by atoms with E-state index < -0.39 is 38.2 Å². The Morgan fingerprint density at radius 1 is 1.53 bits per heavy atom. The minimum absolute atomic E-state index is 0.132. The predicted octanol–water partition coefficient (Wildman–Crippen LogP) is 2.60. The van der Waals surface area contributed by atoms with Crippen LogP contribution in [0, 0.1) is 0 Å². The molecule has 2 aromatic rings. The molecular weight excluding hydrogens is 212 g/mol. The lowest BCUT2D eigenvalue weighted by atomic mass is 10.2. The Bertz CT molecular complexity index is 867. The monoisotopic (exact) mass is 244 g/mol. The van der Waals surface area contributed by atoms with E-state index in [2.05, 4.69) is 0 Å². The van der Waals surface area contributed by atoms with Crippen molar-refractivity contribution in [3.63, 3.8) is 0 Å². The summed E-state index contributed by atoms with van der Waals surface area (Å²) in [7, 11) is 1.42. The highest BCUT2D eigenvalue weighted by molar-refractivity contribution is 5.81. The minimum atomic E-state index is -3.69. The van der Waals surface area contributed by atoms with Gasteiger partial charge < -0.3 is 14.2 Å². The summed E-state index contributed by atoms with van der Waals surface area (Å²) in [5.41, 5.74) is 0.132. The fourth-order valence-electron chi connectivity index (χ4n) is 1.51. The van der Waals surface area contributed by atoms with Gasteiger partial charge in [-0.2, -0.15) is 0 Å². The minimum Gasteiger partial charge on any atom is -0.497 e. The maximum atomic E-state index is 8.50. The van der Waals surface area contributed by atoms with Gasteiger partial charge >= 0.3 is 0 Å². The van der Waals surface area contributed by atoms with Gasteiger partial charge in [0.2, 0.25) is 0 Å². The lowest BCUT2D eigenvalue weighted by molar-refractivity contribution is 0.286. The summed E-state index contributed by atoms with van der Waals surface area (Å²) in [6, 6.07) is 2.14. The summed E-state index contributed by atoms with van der Waals surface area (Å²) in [4.78, 5) is -0.532. The van der Waals surface area contributed by atoms with Crippen LogP contribution in [-0.2, 0) is 6.50 Å². The number of aromatic nitrogens is 1. The van der Waals surface area contributed by atoms with Crippen molar-refractivity contribution in [2.75, 3.05) is 21.1 Å². The molecule has 17 heavy (non-hydrogen) atoms. The molecule has 0 saturated carbocycles. The smallest absolute Gasteiger partial charge is 0.119 e. The van der Waals surface area contributed by atoms with E-state index in [9.17, 15) is 0 Å². The van der Waals surface area contributed by atoms with E-state index in [1.54, 1.807) is 0 Å². The summed E-state index contributed by atoms with van der Waals surface area (Å²) in [5.74, 6) is 0.440. The molecule has 0 bridgehead atoms. The number of fused-ring (bicyclic) bond motifs is 1. The third-order valence-corrected chi connectivity index (χ3v) is 2.35. The summed E-state index contributed by atoms with van der Waals surface area (Å²) in [6.07, 6.45) is 1.14. The first-order chi connectivity index (χ1) is 12.9. The molecule has 3 nitrogen and oxygen atoms in total. The zero-order chi connectivity index (χ0) is 22.6. The maximum absolute atomic E-state index is 8.50. The molecule has 92 valence electrons. The van der Waals surface area contributed by atoms with Crippen LogP contribution in [0.25, 0.3) is 10.9 Å². The molecule has 0 saturated heterocycles. The first-order valence-electron chi connectivity index (χ1n) is 10.8. The summed E-state index contributed by atoms with van der Waals surface area (Å²) < 4.78 is 99.7. The van der Waals surface area contributed by atoms with Crippen LogP contribution in [0.15, 0.2) is 30.5 Å². The van der Waals surface area contributed by atoms with Crippen LogP contribution < -0.4 is 4.74 Å². The van der Waals surface area contributed by atoms with Gasteiger partial charge in [-0.15, -0.1) is 0 Å². The van der Waals surface area contributed by atoms with Crippen molar-refractivity contribution >= 4 is 10.9 Å². The third-order valence-electron chi connectivity index (χ3n) is 2.35. The van der Waals surface area contributed by atoms with Crippen molar-refractivity contribution < 1.29 is 21.2 Å². The SMILES string of the molecule is [2H]C([2H])([2H])N(C([2H])([2H])[2H])C([2H])(C([2H])([2H])[2H])C([2H])([2H])n1ccc2cc(OC)ccc21. The largest absolute Gasteiger partial charge is 0.497 e. The second kappa shape index (κ2) is 4.80. The Morgan fingerprint density at radius 3 is 3.12 bits per heavy atom. The lowest BCUT2D eigenvalue weighted by Gasteiger charge is -2.20. The van der Waals surface area contributed by atoms with Crippen molar-refractivity contribution in [1.82, 2.24) is 9.47 Å². The molecule has 0 N–H and O–H groups in total. The van der Waals surface area contributed by atoms with Crippen LogP contribution in [0.4, 0.5) is 0 Å². The fraction of sp³-hybridized carbons (Fsp3) is 0.429. The zero-order valence-electron chi connectivity index (χ0n) is 21.2. The Hall–Kier alpha value is -1.48. The molecule has 0 amide bonds. The van der Waals surface area contributed by atoms with Gasteiger partial charge in [-0.3, -0.25) is 0 Å². The fourth-order valence-corrected chi connectivity index (χ4v) is 1.51. The number of benzene rings is 1. The number of hydrogen-bond donors (Lipinski definition) is 0. The number of hydrogen-bond acceptors (Lipinski definition) is 2. The van der Waals surface area contributed by atoms with Gasteiger partial charge in [-0.1, -0.05) is 0 Å². The van der Waals surface area contributed by atoms with Gasteiger partial charge in [0.05, 0.1) is 9.85 Å². The van der Waals surface area contributed by atoms with E-state index in [1.807, 2.05) is 0 Å². The standard InChI is InChI=1S/C14H20N2O/c1-11(15(2)3)10-16-8-7-12-9-13(17-4)5-6-14(12)16/h5-9,11H,10H2,1-4H3/i1D3,2D3,3D3,10D2,11D. The molecule has 1 atom stereocenters. The number of ether oxygens (including phenoxy) is 1. The molecule has 1 aromatic heterocycles. The molecule has 0 radical (unpaired) electrons. The zero-order valence-corrected chi connectivity index (χ0v) is 9.19. The first-order valence-corrected chi connectivity index (χ1v) is 4.85. The van der Waals surface area contributed by atoms with E-state index in [-0.39, 0.29) is 5.52 Å². The van der Waals surface area contributed by atoms with Crippen molar-refractivity contribution in [1.29, 1.82) is 0 Å². The molecule has 1 unspecified atom stereocenters. The maximum Gasteiger partial charge on any atom is 0.119 e. The number of methoxy groups -OCH3 is 1. The number of rotatable bonds is 4. The number of nitrogens with zero attached hydrogens (tertiary/aromatic N) is 2. The van der Waals surface area contributed by atoms with E-state index in [0.717, 1.165) is 10.8 Å². The second-order valence-electron chi connectivity index (χ2n) is 3.41. The summed E-state index contributed by atoms with van der Waals surface area (Å²) >= 11 is 0. The molecule has 2 rings (SSSR count). The van der Waals surface area contributed by atoms with Crippen molar-refractivity contribution in [3.8, 4) is 5.75 Å². The Labute approximate surface area is 119 Å². The van der Waals surface area contributed by atoms with Crippen LogP contribution in [-0.4, -0.2) is 36.5 Å². The van der Waals surface area contributed by atoms with Gasteiger partial charge in [0.1, 0.15) is 5.75 Å². The average Bonchev–Trinajstić information content (AvgIpc) is 2.94. The third kappa shape index (κ3) is 2.44. The van der Waals surface area contributed by atoms with Crippen LogP contribution >= 0.6 is 0 Å². The highest BCUT2D eigenvalue weighted by Crippen LogP contribution is 2.22. The molecule has 1 heterocycles. The average molecular weight is 244 g/mol. The van der Waals surface area contributed by atoms with Gasteiger partial charge in [-0.25, -0.2) is 0 Å². The van der Waals surface area contributed by atoms with Crippen molar-refractivity contribution in [2.45, 2.75) is 19.4 Å². The van der Waals surface area contributed by atoms with Crippen LogP contribution in [0.1, 0.15) is 23.3 Å². The highest BCUT2D eigenvalue weighted by atomic mass is 16.5. The molecular formula is C14H20N2O. The Morgan fingerprint density at radius 2 is 2.41 bits per heavy atom. The van der Waals surface area contributed by atoms with Gasteiger partial charge in [0, 0.05) is 43.3 Å². The first kappa shape index (κ1) is 4.02. The molecule has 0 aliphatic carbocycles. The molecule has 1 aromatic carbocycles. The van der Waals surface area contributed by atoms with E-state index in [0.29, 0.717) is 11.1 Å². The van der Waals surface area contributed by atoms with Gasteiger partial charge in [-0.05, 0) is 45.1 Å². The Balaban J connectivity index is 2.84. The summed E-state index contributed by atoms with van der Waals surface area (Å²) in [6.45, 7) is -14.1. The normalized spacial score (nSPS) is 28.6. The molecule has 3 heteroatoms. The lowest BCUT2D eigenvalue weighted by Crippen LogP contribution is -2.28. The molecule has 0 aliphatic heterocycles. The quantitative estimate of drug-likeness (QED) is 0.822. The topological polar surface area (TPSA) is 17.4 Å². The van der Waals surface area contributed by atoms with E-state index >= 15 is 0 Å².